The molecule has 0 aliphatic rings. The van der Waals surface area contributed by atoms with Gasteiger partial charge < -0.3 is 5.73 Å². The second-order valence-corrected chi connectivity index (χ2v) is 4.04. The molecular formula is C15H15NO. The smallest absolute Gasteiger partial charge is 0.165 e. The number of hydrogen-bond acceptors (Lipinski definition) is 2. The van der Waals surface area contributed by atoms with Crippen LogP contribution in [0.4, 0.5) is 5.69 Å². The fraction of sp³-hybridized carbons (Fsp3) is 0.133. The van der Waals surface area contributed by atoms with Crippen LogP contribution in [-0.2, 0) is 0 Å². The van der Waals surface area contributed by atoms with Crippen LogP contribution in [0.25, 0.3) is 10.8 Å². The molecule has 0 unspecified atom stereocenters. The van der Waals surface area contributed by atoms with Crippen LogP contribution in [0, 0.1) is 0 Å². The van der Waals surface area contributed by atoms with Gasteiger partial charge >= 0.3 is 0 Å². The number of ketones is 1. The fourth-order valence-corrected chi connectivity index (χ4v) is 1.87. The van der Waals surface area contributed by atoms with Crippen LogP contribution in [0.2, 0.25) is 0 Å². The summed E-state index contributed by atoms with van der Waals surface area (Å²) in [6, 6.07) is 11.6. The molecule has 17 heavy (non-hydrogen) atoms. The highest BCUT2D eigenvalue weighted by Crippen LogP contribution is 2.23. The maximum absolute atomic E-state index is 11.9. The Hall–Kier alpha value is -2.09. The summed E-state index contributed by atoms with van der Waals surface area (Å²) >= 11 is 0. The van der Waals surface area contributed by atoms with E-state index in [1.54, 1.807) is 6.08 Å². The van der Waals surface area contributed by atoms with Gasteiger partial charge in [0.1, 0.15) is 0 Å². The zero-order valence-electron chi connectivity index (χ0n) is 9.65. The largest absolute Gasteiger partial charge is 0.398 e. The lowest BCUT2D eigenvalue weighted by Gasteiger charge is -2.06. The zero-order chi connectivity index (χ0) is 12.3. The van der Waals surface area contributed by atoms with Gasteiger partial charge in [0, 0.05) is 17.7 Å². The monoisotopic (exact) mass is 225 g/mol. The molecule has 0 amide bonds. The van der Waals surface area contributed by atoms with Crippen molar-refractivity contribution in [2.75, 3.05) is 5.73 Å². The minimum Gasteiger partial charge on any atom is -0.398 e. The Bertz CT molecular complexity index is 572. The number of carbonyl (C=O) groups excluding carboxylic acids is 1. The van der Waals surface area contributed by atoms with E-state index < -0.39 is 0 Å². The van der Waals surface area contributed by atoms with Gasteiger partial charge in [0.2, 0.25) is 0 Å². The molecule has 0 atom stereocenters. The molecule has 0 heterocycles. The number of rotatable bonds is 4. The van der Waals surface area contributed by atoms with E-state index in [1.807, 2.05) is 36.4 Å². The first-order valence-electron chi connectivity index (χ1n) is 5.64. The van der Waals surface area contributed by atoms with Crippen molar-refractivity contribution in [1.82, 2.24) is 0 Å². The first-order chi connectivity index (χ1) is 8.22. The van der Waals surface area contributed by atoms with Gasteiger partial charge in [-0.15, -0.1) is 6.58 Å². The molecule has 0 saturated heterocycles. The van der Waals surface area contributed by atoms with Crippen molar-refractivity contribution in [2.45, 2.75) is 12.8 Å². The van der Waals surface area contributed by atoms with Gasteiger partial charge in [-0.3, -0.25) is 4.79 Å². The lowest BCUT2D eigenvalue weighted by Crippen LogP contribution is -2.03. The zero-order valence-corrected chi connectivity index (χ0v) is 9.65. The normalized spacial score (nSPS) is 10.4. The van der Waals surface area contributed by atoms with Gasteiger partial charge in [0.25, 0.3) is 0 Å². The second kappa shape index (κ2) is 4.83. The highest BCUT2D eigenvalue weighted by molar-refractivity contribution is 6.05. The second-order valence-electron chi connectivity index (χ2n) is 4.04. The summed E-state index contributed by atoms with van der Waals surface area (Å²) in [7, 11) is 0. The van der Waals surface area contributed by atoms with Gasteiger partial charge in [0.05, 0.1) is 0 Å². The average Bonchev–Trinajstić information content (AvgIpc) is 2.35. The number of nitrogens with two attached hydrogens (primary N) is 1. The number of benzene rings is 2. The van der Waals surface area contributed by atoms with Crippen molar-refractivity contribution in [2.24, 2.45) is 0 Å². The molecule has 0 aliphatic heterocycles. The topological polar surface area (TPSA) is 43.1 Å². The number of Topliss-reactive ketones (excluding diaryl/α,β-unsaturated/α-hetero) is 1. The number of nitrogen functional groups attached to an aromatic ring is 1. The molecule has 2 aromatic carbocycles. The first kappa shape index (κ1) is 11.4. The molecule has 0 spiro atoms. The predicted molar refractivity (Wildman–Crippen MR) is 72.1 cm³/mol. The summed E-state index contributed by atoms with van der Waals surface area (Å²) < 4.78 is 0. The highest BCUT2D eigenvalue weighted by Gasteiger charge is 2.09. The summed E-state index contributed by atoms with van der Waals surface area (Å²) in [5.41, 5.74) is 7.08. The van der Waals surface area contributed by atoms with E-state index in [2.05, 4.69) is 6.58 Å². The van der Waals surface area contributed by atoms with Gasteiger partial charge in [-0.05, 0) is 29.3 Å². The van der Waals surface area contributed by atoms with Crippen molar-refractivity contribution in [3.05, 3.63) is 54.6 Å². The Kier molecular flexibility index (Phi) is 3.24. The van der Waals surface area contributed by atoms with Crippen LogP contribution in [0.1, 0.15) is 23.2 Å². The molecule has 2 N–H and O–H groups in total. The molecule has 0 fully saturated rings. The quantitative estimate of drug-likeness (QED) is 0.491. The summed E-state index contributed by atoms with van der Waals surface area (Å²) in [4.78, 5) is 11.9. The van der Waals surface area contributed by atoms with E-state index in [0.717, 1.165) is 10.8 Å². The number of anilines is 1. The van der Waals surface area contributed by atoms with Crippen molar-refractivity contribution >= 4 is 22.2 Å². The predicted octanol–water partition coefficient (Wildman–Crippen LogP) is 3.57. The number of hydrogen-bond donors (Lipinski definition) is 1. The van der Waals surface area contributed by atoms with Crippen molar-refractivity contribution in [1.29, 1.82) is 0 Å². The van der Waals surface area contributed by atoms with Crippen LogP contribution in [0.3, 0.4) is 0 Å². The lowest BCUT2D eigenvalue weighted by molar-refractivity contribution is 0.0984. The summed E-state index contributed by atoms with van der Waals surface area (Å²) in [5, 5.41) is 2.11. The standard InChI is InChI=1S/C15H15NO/c1-2-3-8-15(17)13-9-11-6-4-5-7-12(11)10-14(13)16/h2,4-7,9-10H,1,3,8,16H2. The van der Waals surface area contributed by atoms with E-state index >= 15 is 0 Å². The highest BCUT2D eigenvalue weighted by atomic mass is 16.1. The molecule has 0 aliphatic carbocycles. The number of fused-ring (bicyclic) bond motifs is 1. The Morgan fingerprint density at radius 1 is 1.24 bits per heavy atom. The minimum atomic E-state index is 0.0770. The first-order valence-corrected chi connectivity index (χ1v) is 5.64. The Morgan fingerprint density at radius 3 is 2.53 bits per heavy atom. The van der Waals surface area contributed by atoms with Crippen LogP contribution in [0.15, 0.2) is 49.1 Å². The molecule has 0 saturated carbocycles. The average molecular weight is 225 g/mol. The molecule has 2 heteroatoms. The summed E-state index contributed by atoms with van der Waals surface area (Å²) in [6.45, 7) is 3.62. The Labute approximate surface area is 101 Å². The van der Waals surface area contributed by atoms with Crippen molar-refractivity contribution < 1.29 is 4.79 Å². The van der Waals surface area contributed by atoms with Crippen LogP contribution < -0.4 is 5.73 Å². The number of allylic oxidation sites excluding steroid dienone is 1. The molecule has 2 aromatic rings. The molecule has 2 rings (SSSR count). The van der Waals surface area contributed by atoms with E-state index in [-0.39, 0.29) is 5.78 Å². The van der Waals surface area contributed by atoms with Gasteiger partial charge in [-0.1, -0.05) is 30.3 Å². The van der Waals surface area contributed by atoms with Gasteiger partial charge in [-0.25, -0.2) is 0 Å². The number of carbonyl (C=O) groups is 1. The molecule has 86 valence electrons. The third kappa shape index (κ3) is 2.36. The van der Waals surface area contributed by atoms with E-state index in [1.165, 1.54) is 0 Å². The maximum Gasteiger partial charge on any atom is 0.165 e. The Balaban J connectivity index is 2.43. The van der Waals surface area contributed by atoms with Gasteiger partial charge in [-0.2, -0.15) is 0 Å². The maximum atomic E-state index is 11.9. The van der Waals surface area contributed by atoms with Crippen LogP contribution >= 0.6 is 0 Å². The molecular weight excluding hydrogens is 210 g/mol. The third-order valence-electron chi connectivity index (χ3n) is 2.79. The molecule has 0 radical (unpaired) electrons. The molecule has 0 bridgehead atoms. The van der Waals surface area contributed by atoms with Crippen LogP contribution in [-0.4, -0.2) is 5.78 Å². The van der Waals surface area contributed by atoms with E-state index in [9.17, 15) is 4.79 Å². The van der Waals surface area contributed by atoms with Crippen molar-refractivity contribution in [3.8, 4) is 0 Å². The fourth-order valence-electron chi connectivity index (χ4n) is 1.87. The van der Waals surface area contributed by atoms with Crippen molar-refractivity contribution in [3.63, 3.8) is 0 Å². The summed E-state index contributed by atoms with van der Waals surface area (Å²) in [5.74, 6) is 0.0770. The van der Waals surface area contributed by atoms with Gasteiger partial charge in [0.15, 0.2) is 5.78 Å². The molecule has 2 nitrogen and oxygen atoms in total. The van der Waals surface area contributed by atoms with E-state index in [4.69, 9.17) is 5.73 Å². The van der Waals surface area contributed by atoms with E-state index in [0.29, 0.717) is 24.1 Å². The molecule has 0 aromatic heterocycles. The third-order valence-corrected chi connectivity index (χ3v) is 2.79. The van der Waals surface area contributed by atoms with Crippen LogP contribution in [0.5, 0.6) is 0 Å². The lowest BCUT2D eigenvalue weighted by atomic mass is 10.00. The summed E-state index contributed by atoms with van der Waals surface area (Å²) in [6.07, 6.45) is 2.90. The Morgan fingerprint density at radius 2 is 1.88 bits per heavy atom. The minimum absolute atomic E-state index is 0.0770. The SMILES string of the molecule is C=CCCC(=O)c1cc2ccccc2cc1N.